The van der Waals surface area contributed by atoms with Crippen LogP contribution in [0.3, 0.4) is 0 Å². The van der Waals surface area contributed by atoms with E-state index in [1.165, 1.54) is 12.0 Å². The lowest BCUT2D eigenvalue weighted by Gasteiger charge is -2.20. The summed E-state index contributed by atoms with van der Waals surface area (Å²) in [5.74, 6) is 1.05. The number of Topliss-reactive ketones (excluding diaryl/α,β-unsaturated/α-hetero) is 1. The highest BCUT2D eigenvalue weighted by atomic mass is 16.1. The second-order valence-electron chi connectivity index (χ2n) is 4.19. The van der Waals surface area contributed by atoms with Crippen molar-refractivity contribution in [2.75, 3.05) is 0 Å². The highest BCUT2D eigenvalue weighted by Gasteiger charge is 2.19. The molecule has 1 aromatic carbocycles. The number of hydrogen-bond donors (Lipinski definition) is 0. The summed E-state index contributed by atoms with van der Waals surface area (Å²) in [6, 6.07) is 10.5. The molecule has 0 unspecified atom stereocenters. The van der Waals surface area contributed by atoms with Gasteiger partial charge in [-0.25, -0.2) is 0 Å². The van der Waals surface area contributed by atoms with Gasteiger partial charge in [-0.05, 0) is 30.7 Å². The fraction of sp³-hybridized carbons (Fsp3) is 0.462. The van der Waals surface area contributed by atoms with Gasteiger partial charge in [-0.15, -0.1) is 0 Å². The molecule has 0 aromatic heterocycles. The zero-order valence-electron chi connectivity index (χ0n) is 8.41. The summed E-state index contributed by atoms with van der Waals surface area (Å²) in [5.41, 5.74) is 1.37. The summed E-state index contributed by atoms with van der Waals surface area (Å²) in [4.78, 5) is 11.3. The van der Waals surface area contributed by atoms with E-state index in [0.717, 1.165) is 25.7 Å². The predicted molar refractivity (Wildman–Crippen MR) is 57.1 cm³/mol. The van der Waals surface area contributed by atoms with Crippen LogP contribution in [-0.2, 0) is 11.2 Å². The Bertz CT molecular complexity index is 302. The van der Waals surface area contributed by atoms with E-state index in [1.54, 1.807) is 0 Å². The number of carbonyl (C=O) groups is 1. The molecule has 0 amide bonds. The number of ketones is 1. The topological polar surface area (TPSA) is 17.1 Å². The third-order valence-corrected chi connectivity index (χ3v) is 2.95. The molecule has 0 saturated heterocycles. The molecule has 0 radical (unpaired) electrons. The van der Waals surface area contributed by atoms with Crippen LogP contribution in [0.4, 0.5) is 0 Å². The Morgan fingerprint density at radius 3 is 2.71 bits per heavy atom. The lowest BCUT2D eigenvalue weighted by atomic mass is 9.84. The Labute approximate surface area is 85.1 Å². The van der Waals surface area contributed by atoms with Gasteiger partial charge in [-0.1, -0.05) is 30.3 Å². The van der Waals surface area contributed by atoms with E-state index in [4.69, 9.17) is 0 Å². The van der Waals surface area contributed by atoms with Gasteiger partial charge < -0.3 is 0 Å². The van der Waals surface area contributed by atoms with Gasteiger partial charge in [-0.2, -0.15) is 0 Å². The maximum atomic E-state index is 11.3. The van der Waals surface area contributed by atoms with Crippen LogP contribution in [0.15, 0.2) is 30.3 Å². The Kier molecular flexibility index (Phi) is 2.97. The van der Waals surface area contributed by atoms with Crippen LogP contribution in [0.1, 0.15) is 31.2 Å². The van der Waals surface area contributed by atoms with E-state index in [2.05, 4.69) is 24.3 Å². The molecule has 1 saturated carbocycles. The van der Waals surface area contributed by atoms with Gasteiger partial charge in [0.25, 0.3) is 0 Å². The molecule has 0 spiro atoms. The van der Waals surface area contributed by atoms with E-state index in [1.807, 2.05) is 6.07 Å². The number of rotatable bonds is 2. The minimum absolute atomic E-state index is 0.456. The molecular formula is C13H16O. The second-order valence-corrected chi connectivity index (χ2v) is 4.19. The quantitative estimate of drug-likeness (QED) is 0.697. The summed E-state index contributed by atoms with van der Waals surface area (Å²) < 4.78 is 0. The normalized spacial score (nSPS) is 22.3. The van der Waals surface area contributed by atoms with Gasteiger partial charge in [0.05, 0.1) is 0 Å². The molecule has 1 heteroatoms. The summed E-state index contributed by atoms with van der Waals surface area (Å²) in [6.45, 7) is 0. The van der Waals surface area contributed by atoms with E-state index in [0.29, 0.717) is 11.7 Å². The Hall–Kier alpha value is -1.11. The van der Waals surface area contributed by atoms with Gasteiger partial charge in [0.1, 0.15) is 5.78 Å². The second kappa shape index (κ2) is 4.41. The van der Waals surface area contributed by atoms with Crippen LogP contribution < -0.4 is 0 Å². The Balaban J connectivity index is 1.94. The molecule has 2 rings (SSSR count). The van der Waals surface area contributed by atoms with Crippen LogP contribution >= 0.6 is 0 Å². The van der Waals surface area contributed by atoms with E-state index in [-0.39, 0.29) is 0 Å². The average molecular weight is 188 g/mol. The fourth-order valence-electron chi connectivity index (χ4n) is 2.24. The lowest BCUT2D eigenvalue weighted by Crippen LogP contribution is -2.16. The predicted octanol–water partition coefficient (Wildman–Crippen LogP) is 2.99. The molecule has 0 bridgehead atoms. The molecule has 0 aliphatic heterocycles. The summed E-state index contributed by atoms with van der Waals surface area (Å²) in [5, 5.41) is 0. The van der Waals surface area contributed by atoms with Crippen LogP contribution in [0.25, 0.3) is 0 Å². The van der Waals surface area contributed by atoms with E-state index < -0.39 is 0 Å². The third-order valence-electron chi connectivity index (χ3n) is 2.95. The van der Waals surface area contributed by atoms with Gasteiger partial charge in [0, 0.05) is 12.8 Å². The standard InChI is InChI=1S/C13H16O/c14-13-8-4-7-12(10-13)9-11-5-2-1-3-6-11/h1-3,5-6,12H,4,7-10H2/t12-/m1/s1. The first-order chi connectivity index (χ1) is 6.84. The monoisotopic (exact) mass is 188 g/mol. The van der Waals surface area contributed by atoms with Crippen molar-refractivity contribution in [1.82, 2.24) is 0 Å². The van der Waals surface area contributed by atoms with Crippen molar-refractivity contribution >= 4 is 5.78 Å². The minimum atomic E-state index is 0.456. The molecule has 1 aromatic rings. The van der Waals surface area contributed by atoms with E-state index >= 15 is 0 Å². The highest BCUT2D eigenvalue weighted by Crippen LogP contribution is 2.24. The molecular weight excluding hydrogens is 172 g/mol. The van der Waals surface area contributed by atoms with Crippen LogP contribution in [0.5, 0.6) is 0 Å². The molecule has 0 N–H and O–H groups in total. The van der Waals surface area contributed by atoms with Crippen molar-refractivity contribution < 1.29 is 4.79 Å². The maximum Gasteiger partial charge on any atom is 0.133 e. The van der Waals surface area contributed by atoms with Gasteiger partial charge in [0.15, 0.2) is 0 Å². The van der Waals surface area contributed by atoms with Crippen molar-refractivity contribution in [2.45, 2.75) is 32.1 Å². The van der Waals surface area contributed by atoms with Crippen molar-refractivity contribution in [3.8, 4) is 0 Å². The van der Waals surface area contributed by atoms with Gasteiger partial charge >= 0.3 is 0 Å². The van der Waals surface area contributed by atoms with Crippen molar-refractivity contribution in [3.63, 3.8) is 0 Å². The van der Waals surface area contributed by atoms with Crippen LogP contribution in [0.2, 0.25) is 0 Å². The molecule has 14 heavy (non-hydrogen) atoms. The SMILES string of the molecule is O=C1CCC[C@H](Cc2ccccc2)C1. The van der Waals surface area contributed by atoms with Gasteiger partial charge in [0.2, 0.25) is 0 Å². The van der Waals surface area contributed by atoms with Gasteiger partial charge in [-0.3, -0.25) is 4.79 Å². The number of carbonyl (C=O) groups excluding carboxylic acids is 1. The Morgan fingerprint density at radius 2 is 2.00 bits per heavy atom. The number of benzene rings is 1. The molecule has 1 atom stereocenters. The molecule has 1 fully saturated rings. The van der Waals surface area contributed by atoms with Crippen LogP contribution in [0, 0.1) is 5.92 Å². The van der Waals surface area contributed by atoms with E-state index in [9.17, 15) is 4.79 Å². The average Bonchev–Trinajstić information content (AvgIpc) is 2.19. The summed E-state index contributed by atoms with van der Waals surface area (Å²) in [6.07, 6.45) is 5.00. The first-order valence-electron chi connectivity index (χ1n) is 5.40. The first kappa shape index (κ1) is 9.45. The van der Waals surface area contributed by atoms with Crippen molar-refractivity contribution in [3.05, 3.63) is 35.9 Å². The van der Waals surface area contributed by atoms with Crippen LogP contribution in [-0.4, -0.2) is 5.78 Å². The summed E-state index contributed by atoms with van der Waals surface area (Å²) in [7, 11) is 0. The zero-order valence-corrected chi connectivity index (χ0v) is 8.41. The molecule has 74 valence electrons. The maximum absolute atomic E-state index is 11.3. The molecule has 1 aliphatic rings. The third kappa shape index (κ3) is 2.44. The smallest absolute Gasteiger partial charge is 0.133 e. The highest BCUT2D eigenvalue weighted by molar-refractivity contribution is 5.79. The summed E-state index contributed by atoms with van der Waals surface area (Å²) >= 11 is 0. The molecule has 1 nitrogen and oxygen atoms in total. The number of hydrogen-bond acceptors (Lipinski definition) is 1. The minimum Gasteiger partial charge on any atom is -0.300 e. The lowest BCUT2D eigenvalue weighted by molar-refractivity contribution is -0.121. The molecule has 0 heterocycles. The largest absolute Gasteiger partial charge is 0.300 e. The fourth-order valence-corrected chi connectivity index (χ4v) is 2.24. The Morgan fingerprint density at radius 1 is 1.21 bits per heavy atom. The first-order valence-corrected chi connectivity index (χ1v) is 5.40. The van der Waals surface area contributed by atoms with Crippen molar-refractivity contribution in [1.29, 1.82) is 0 Å². The zero-order chi connectivity index (χ0) is 9.80. The molecule has 1 aliphatic carbocycles. The van der Waals surface area contributed by atoms with Crippen molar-refractivity contribution in [2.24, 2.45) is 5.92 Å².